The van der Waals surface area contributed by atoms with Crippen LogP contribution in [-0.4, -0.2) is 54.4 Å². The van der Waals surface area contributed by atoms with Crippen molar-refractivity contribution in [2.45, 2.75) is 18.8 Å². The molecule has 2 N–H and O–H groups in total. The summed E-state index contributed by atoms with van der Waals surface area (Å²) in [6.45, 7) is 1.29. The number of likely N-dealkylation sites (tertiary alicyclic amines) is 1. The molecule has 138 valence electrons. The van der Waals surface area contributed by atoms with Crippen LogP contribution < -0.4 is 10.1 Å². The summed E-state index contributed by atoms with van der Waals surface area (Å²) >= 11 is 0. The van der Waals surface area contributed by atoms with Crippen molar-refractivity contribution in [1.29, 1.82) is 0 Å². The summed E-state index contributed by atoms with van der Waals surface area (Å²) in [6.07, 6.45) is 3.49. The first-order chi connectivity index (χ1) is 12.6. The second kappa shape index (κ2) is 7.90. The fraction of sp³-hybridized carbons (Fsp3) is 0.389. The van der Waals surface area contributed by atoms with E-state index in [2.05, 4.69) is 15.5 Å². The summed E-state index contributed by atoms with van der Waals surface area (Å²) in [6, 6.07) is 6.54. The molecule has 1 aliphatic heterocycles. The summed E-state index contributed by atoms with van der Waals surface area (Å²) in [5.74, 6) is 0.403. The number of esters is 1. The van der Waals surface area contributed by atoms with Crippen LogP contribution in [0, 0.1) is 0 Å². The van der Waals surface area contributed by atoms with Crippen LogP contribution >= 0.6 is 0 Å². The number of nitrogens with one attached hydrogen (secondary N) is 2. The number of benzene rings is 1. The highest BCUT2D eigenvalue weighted by atomic mass is 16.5. The van der Waals surface area contributed by atoms with Gasteiger partial charge in [0, 0.05) is 30.9 Å². The minimum absolute atomic E-state index is 0.214. The molecule has 1 aromatic heterocycles. The molecule has 8 nitrogen and oxygen atoms in total. The normalized spacial score (nSPS) is 14.8. The number of aromatic amines is 1. The lowest BCUT2D eigenvalue weighted by Crippen LogP contribution is -2.40. The number of ether oxygens (including phenoxy) is 2. The van der Waals surface area contributed by atoms with Gasteiger partial charge in [-0.25, -0.2) is 9.59 Å². The Morgan fingerprint density at radius 3 is 2.62 bits per heavy atom. The van der Waals surface area contributed by atoms with Crippen molar-refractivity contribution in [1.82, 2.24) is 15.1 Å². The number of H-pyrrole nitrogens is 1. The highest BCUT2D eigenvalue weighted by molar-refractivity contribution is 5.95. The maximum Gasteiger partial charge on any atom is 0.337 e. The van der Waals surface area contributed by atoms with Crippen molar-refractivity contribution in [2.75, 3.05) is 32.6 Å². The fourth-order valence-corrected chi connectivity index (χ4v) is 3.13. The maximum absolute atomic E-state index is 12.6. The van der Waals surface area contributed by atoms with Gasteiger partial charge in [-0.05, 0) is 37.1 Å². The van der Waals surface area contributed by atoms with E-state index in [9.17, 15) is 9.59 Å². The van der Waals surface area contributed by atoms with Crippen molar-refractivity contribution in [3.63, 3.8) is 0 Å². The van der Waals surface area contributed by atoms with Gasteiger partial charge in [0.2, 0.25) is 0 Å². The van der Waals surface area contributed by atoms with Gasteiger partial charge in [0.05, 0.1) is 25.5 Å². The van der Waals surface area contributed by atoms with E-state index in [1.165, 1.54) is 14.2 Å². The first-order valence-corrected chi connectivity index (χ1v) is 8.44. The van der Waals surface area contributed by atoms with Crippen LogP contribution in [0.1, 0.15) is 34.8 Å². The van der Waals surface area contributed by atoms with E-state index in [-0.39, 0.29) is 6.03 Å². The van der Waals surface area contributed by atoms with Crippen molar-refractivity contribution < 1.29 is 19.1 Å². The number of carbonyl (C=O) groups is 2. The second-order valence-corrected chi connectivity index (χ2v) is 6.11. The van der Waals surface area contributed by atoms with E-state index in [0.717, 1.165) is 18.5 Å². The molecule has 0 radical (unpaired) electrons. The molecule has 0 saturated carbocycles. The Labute approximate surface area is 151 Å². The monoisotopic (exact) mass is 358 g/mol. The number of anilines is 1. The first kappa shape index (κ1) is 17.8. The van der Waals surface area contributed by atoms with E-state index in [1.807, 2.05) is 6.07 Å². The second-order valence-electron chi connectivity index (χ2n) is 6.11. The molecule has 0 atom stereocenters. The first-order valence-electron chi connectivity index (χ1n) is 8.44. The van der Waals surface area contributed by atoms with Gasteiger partial charge in [0.1, 0.15) is 5.75 Å². The van der Waals surface area contributed by atoms with Gasteiger partial charge in [0.25, 0.3) is 0 Å². The number of carbonyl (C=O) groups excluding carboxylic acids is 2. The molecule has 0 bridgehead atoms. The van der Waals surface area contributed by atoms with E-state index in [1.54, 1.807) is 29.3 Å². The molecule has 8 heteroatoms. The van der Waals surface area contributed by atoms with Crippen LogP contribution in [0.2, 0.25) is 0 Å². The van der Waals surface area contributed by atoms with Crippen LogP contribution in [0.25, 0.3) is 0 Å². The molecule has 0 unspecified atom stereocenters. The van der Waals surface area contributed by atoms with E-state index >= 15 is 0 Å². The molecule has 3 rings (SSSR count). The van der Waals surface area contributed by atoms with Gasteiger partial charge < -0.3 is 19.7 Å². The van der Waals surface area contributed by atoms with Gasteiger partial charge in [-0.15, -0.1) is 0 Å². The number of aromatic nitrogens is 2. The Bertz CT molecular complexity index is 768. The number of nitrogens with zero attached hydrogens (tertiary/aromatic N) is 2. The molecule has 1 aliphatic rings. The number of hydrogen-bond donors (Lipinski definition) is 2. The number of methoxy groups -OCH3 is 2. The molecule has 1 aromatic carbocycles. The van der Waals surface area contributed by atoms with Crippen LogP contribution in [0.5, 0.6) is 5.75 Å². The highest BCUT2D eigenvalue weighted by Crippen LogP contribution is 2.29. The van der Waals surface area contributed by atoms with Gasteiger partial charge in [-0.2, -0.15) is 5.10 Å². The largest absolute Gasteiger partial charge is 0.495 e. The summed E-state index contributed by atoms with van der Waals surface area (Å²) in [7, 11) is 2.83. The average molecular weight is 358 g/mol. The minimum Gasteiger partial charge on any atom is -0.495 e. The van der Waals surface area contributed by atoms with E-state index in [4.69, 9.17) is 9.47 Å². The van der Waals surface area contributed by atoms with Gasteiger partial charge in [0.15, 0.2) is 0 Å². The summed E-state index contributed by atoms with van der Waals surface area (Å²) < 4.78 is 9.99. The molecule has 2 heterocycles. The van der Waals surface area contributed by atoms with Crippen LogP contribution in [0.4, 0.5) is 10.5 Å². The maximum atomic E-state index is 12.6. The number of urea groups is 1. The molecule has 1 fully saturated rings. The third kappa shape index (κ3) is 3.79. The predicted molar refractivity (Wildman–Crippen MR) is 95.5 cm³/mol. The van der Waals surface area contributed by atoms with E-state index in [0.29, 0.717) is 36.0 Å². The Morgan fingerprint density at radius 2 is 2.00 bits per heavy atom. The third-order valence-corrected chi connectivity index (χ3v) is 4.61. The van der Waals surface area contributed by atoms with Crippen molar-refractivity contribution in [3.05, 3.63) is 41.7 Å². The zero-order valence-corrected chi connectivity index (χ0v) is 14.8. The molecule has 2 amide bonds. The van der Waals surface area contributed by atoms with Crippen LogP contribution in [-0.2, 0) is 4.74 Å². The molecule has 2 aromatic rings. The molecular weight excluding hydrogens is 336 g/mol. The molecule has 1 saturated heterocycles. The fourth-order valence-electron chi connectivity index (χ4n) is 3.13. The SMILES string of the molecule is COC(=O)c1ccc(OC)c(NC(=O)N2CCC(c3ccn[nH]3)CC2)c1. The zero-order chi connectivity index (χ0) is 18.5. The Balaban J connectivity index is 1.65. The quantitative estimate of drug-likeness (QED) is 0.819. The van der Waals surface area contributed by atoms with Gasteiger partial charge in [-0.1, -0.05) is 0 Å². The van der Waals surface area contributed by atoms with Crippen LogP contribution in [0.15, 0.2) is 30.5 Å². The third-order valence-electron chi connectivity index (χ3n) is 4.61. The number of rotatable bonds is 4. The average Bonchev–Trinajstić information content (AvgIpc) is 3.22. The number of piperidine rings is 1. The van der Waals surface area contributed by atoms with Gasteiger partial charge in [-0.3, -0.25) is 5.10 Å². The standard InChI is InChI=1S/C18H22N4O4/c1-25-16-4-3-13(17(23)26-2)11-15(16)20-18(24)22-9-6-12(7-10-22)14-5-8-19-21-14/h3-5,8,11-12H,6-7,9-10H2,1-2H3,(H,19,21)(H,20,24). The summed E-state index contributed by atoms with van der Waals surface area (Å²) in [4.78, 5) is 26.1. The summed E-state index contributed by atoms with van der Waals surface area (Å²) in [5, 5.41) is 9.82. The number of amides is 2. The van der Waals surface area contributed by atoms with E-state index < -0.39 is 5.97 Å². The summed E-state index contributed by atoms with van der Waals surface area (Å²) in [5.41, 5.74) is 1.90. The molecule has 0 spiro atoms. The lowest BCUT2D eigenvalue weighted by atomic mass is 9.94. The molecular formula is C18H22N4O4. The van der Waals surface area contributed by atoms with Crippen molar-refractivity contribution in [2.24, 2.45) is 0 Å². The Morgan fingerprint density at radius 1 is 1.23 bits per heavy atom. The zero-order valence-electron chi connectivity index (χ0n) is 14.8. The van der Waals surface area contributed by atoms with Crippen LogP contribution in [0.3, 0.4) is 0 Å². The highest BCUT2D eigenvalue weighted by Gasteiger charge is 2.25. The smallest absolute Gasteiger partial charge is 0.337 e. The lowest BCUT2D eigenvalue weighted by molar-refractivity contribution is 0.0600. The molecule has 0 aliphatic carbocycles. The Hall–Kier alpha value is -3.03. The van der Waals surface area contributed by atoms with Crippen molar-refractivity contribution >= 4 is 17.7 Å². The lowest BCUT2D eigenvalue weighted by Gasteiger charge is -2.31. The van der Waals surface area contributed by atoms with Gasteiger partial charge >= 0.3 is 12.0 Å². The van der Waals surface area contributed by atoms with Crippen molar-refractivity contribution in [3.8, 4) is 5.75 Å². The Kier molecular flexibility index (Phi) is 5.40. The number of hydrogen-bond acceptors (Lipinski definition) is 5. The molecule has 26 heavy (non-hydrogen) atoms. The predicted octanol–water partition coefficient (Wildman–Crippen LogP) is 2.62. The minimum atomic E-state index is -0.469. The topological polar surface area (TPSA) is 96.5 Å².